The van der Waals surface area contributed by atoms with Gasteiger partial charge in [0, 0.05) is 0 Å². The molecule has 22 heavy (non-hydrogen) atoms. The number of rotatable bonds is 5. The van der Waals surface area contributed by atoms with Crippen LogP contribution in [0, 0.1) is 0 Å². The molecule has 112 valence electrons. The highest BCUT2D eigenvalue weighted by molar-refractivity contribution is 6.39. The number of halogens is 2. The van der Waals surface area contributed by atoms with Crippen molar-refractivity contribution in [3.8, 4) is 0 Å². The van der Waals surface area contributed by atoms with Crippen LogP contribution >= 0.6 is 23.2 Å². The van der Waals surface area contributed by atoms with E-state index in [0.717, 1.165) is 5.76 Å². The highest BCUT2D eigenvalue weighted by atomic mass is 35.5. The summed E-state index contributed by atoms with van der Waals surface area (Å²) in [6.45, 7) is 0.498. The molecule has 0 unspecified atom stereocenters. The minimum atomic E-state index is 0.291. The second-order valence-electron chi connectivity index (χ2n) is 4.32. The molecular weight excluding hydrogens is 325 g/mol. The van der Waals surface area contributed by atoms with E-state index in [1.807, 2.05) is 12.1 Å². The topological polar surface area (TPSA) is 75.9 Å². The number of nitrogens with zero attached hydrogens (tertiary/aromatic N) is 3. The fourth-order valence-electron chi connectivity index (χ4n) is 1.76. The quantitative estimate of drug-likeness (QED) is 0.730. The van der Waals surface area contributed by atoms with Crippen LogP contribution in [0.4, 0.5) is 17.5 Å². The molecule has 0 aliphatic rings. The third-order valence-electron chi connectivity index (χ3n) is 2.78. The van der Waals surface area contributed by atoms with Gasteiger partial charge in [0.15, 0.2) is 5.82 Å². The molecule has 0 radical (unpaired) electrons. The summed E-state index contributed by atoms with van der Waals surface area (Å²) in [5.41, 5.74) is 0.538. The van der Waals surface area contributed by atoms with Gasteiger partial charge in [0.25, 0.3) is 0 Å². The predicted octanol–water partition coefficient (Wildman–Crippen LogP) is 4.13. The molecule has 0 atom stereocenters. The number of furan rings is 1. The molecule has 0 amide bonds. The number of benzene rings is 1. The van der Waals surface area contributed by atoms with E-state index in [1.165, 1.54) is 6.20 Å². The largest absolute Gasteiger partial charge is 0.467 e. The van der Waals surface area contributed by atoms with Gasteiger partial charge in [0.1, 0.15) is 5.76 Å². The van der Waals surface area contributed by atoms with Gasteiger partial charge >= 0.3 is 0 Å². The molecule has 6 nitrogen and oxygen atoms in total. The summed E-state index contributed by atoms with van der Waals surface area (Å²) in [7, 11) is 0. The first kappa shape index (κ1) is 14.6. The first-order valence-corrected chi connectivity index (χ1v) is 7.15. The van der Waals surface area contributed by atoms with Crippen LogP contribution in [0.2, 0.25) is 10.0 Å². The summed E-state index contributed by atoms with van der Waals surface area (Å²) in [6, 6.07) is 8.90. The van der Waals surface area contributed by atoms with Gasteiger partial charge in [-0.3, -0.25) is 0 Å². The molecule has 2 heterocycles. The van der Waals surface area contributed by atoms with E-state index in [-0.39, 0.29) is 0 Å². The molecular formula is C14H11Cl2N5O. The van der Waals surface area contributed by atoms with Crippen LogP contribution in [0.3, 0.4) is 0 Å². The van der Waals surface area contributed by atoms with Crippen molar-refractivity contribution in [3.63, 3.8) is 0 Å². The lowest BCUT2D eigenvalue weighted by Crippen LogP contribution is -2.05. The second-order valence-corrected chi connectivity index (χ2v) is 5.13. The van der Waals surface area contributed by atoms with Crippen LogP contribution in [-0.4, -0.2) is 15.2 Å². The van der Waals surface area contributed by atoms with Crippen molar-refractivity contribution in [2.75, 3.05) is 10.6 Å². The zero-order chi connectivity index (χ0) is 15.4. The van der Waals surface area contributed by atoms with Gasteiger partial charge in [-0.2, -0.15) is 10.1 Å². The van der Waals surface area contributed by atoms with Gasteiger partial charge in [0.2, 0.25) is 5.95 Å². The van der Waals surface area contributed by atoms with E-state index in [9.17, 15) is 0 Å². The Morgan fingerprint density at radius 3 is 2.64 bits per heavy atom. The zero-order valence-corrected chi connectivity index (χ0v) is 12.8. The Labute approximate surface area is 136 Å². The third-order valence-corrected chi connectivity index (χ3v) is 3.41. The lowest BCUT2D eigenvalue weighted by molar-refractivity contribution is 0.517. The number of anilines is 3. The van der Waals surface area contributed by atoms with Crippen molar-refractivity contribution < 1.29 is 4.42 Å². The Hall–Kier alpha value is -2.31. The van der Waals surface area contributed by atoms with E-state index in [1.54, 1.807) is 24.5 Å². The molecule has 0 aliphatic heterocycles. The Bertz CT molecular complexity index is 743. The average Bonchev–Trinajstić information content (AvgIpc) is 3.03. The molecule has 8 heteroatoms. The van der Waals surface area contributed by atoms with E-state index >= 15 is 0 Å². The number of nitrogens with one attached hydrogen (secondary N) is 2. The summed E-state index contributed by atoms with van der Waals surface area (Å²) in [5.74, 6) is 1.64. The number of hydrogen-bond donors (Lipinski definition) is 2. The van der Waals surface area contributed by atoms with Crippen molar-refractivity contribution in [1.29, 1.82) is 0 Å². The third kappa shape index (κ3) is 3.47. The SMILES string of the molecule is Clc1cccc(Cl)c1Nc1nncc(NCc2ccco2)n1. The molecule has 0 saturated carbocycles. The normalized spacial score (nSPS) is 10.5. The molecule has 0 aliphatic carbocycles. The molecule has 0 saturated heterocycles. The molecule has 0 fully saturated rings. The van der Waals surface area contributed by atoms with Crippen molar-refractivity contribution in [3.05, 3.63) is 58.6 Å². The molecule has 3 aromatic rings. The summed E-state index contributed by atoms with van der Waals surface area (Å²) < 4.78 is 5.24. The van der Waals surface area contributed by atoms with Gasteiger partial charge in [-0.25, -0.2) is 0 Å². The maximum Gasteiger partial charge on any atom is 0.249 e. The fourth-order valence-corrected chi connectivity index (χ4v) is 2.25. The summed E-state index contributed by atoms with van der Waals surface area (Å²) in [4.78, 5) is 4.29. The van der Waals surface area contributed by atoms with Gasteiger partial charge in [-0.1, -0.05) is 29.3 Å². The Kier molecular flexibility index (Phi) is 4.41. The average molecular weight is 336 g/mol. The minimum Gasteiger partial charge on any atom is -0.467 e. The van der Waals surface area contributed by atoms with Crippen molar-refractivity contribution in [2.45, 2.75) is 6.54 Å². The smallest absolute Gasteiger partial charge is 0.249 e. The van der Waals surface area contributed by atoms with Crippen molar-refractivity contribution >= 4 is 40.7 Å². The Balaban J connectivity index is 1.73. The summed E-state index contributed by atoms with van der Waals surface area (Å²) in [5, 5.41) is 14.8. The van der Waals surface area contributed by atoms with Crippen LogP contribution in [0.15, 0.2) is 47.2 Å². The molecule has 2 N–H and O–H groups in total. The van der Waals surface area contributed by atoms with Crippen molar-refractivity contribution in [2.24, 2.45) is 0 Å². The van der Waals surface area contributed by atoms with Gasteiger partial charge < -0.3 is 15.1 Å². The number of hydrogen-bond acceptors (Lipinski definition) is 6. The van der Waals surface area contributed by atoms with Crippen molar-refractivity contribution in [1.82, 2.24) is 15.2 Å². The zero-order valence-electron chi connectivity index (χ0n) is 11.3. The number of para-hydroxylation sites is 1. The molecule has 1 aromatic carbocycles. The standard InChI is InChI=1S/C14H11Cl2N5O/c15-10-4-1-5-11(16)13(10)20-14-19-12(8-18-21-14)17-7-9-3-2-6-22-9/h1-6,8H,7H2,(H2,17,19,20,21). The fraction of sp³-hybridized carbons (Fsp3) is 0.0714. The van der Waals surface area contributed by atoms with Gasteiger partial charge in [-0.15, -0.1) is 5.10 Å². The highest BCUT2D eigenvalue weighted by Gasteiger charge is 2.08. The molecule has 2 aromatic heterocycles. The van der Waals surface area contributed by atoms with Crippen LogP contribution < -0.4 is 10.6 Å². The number of aromatic nitrogens is 3. The summed E-state index contributed by atoms with van der Waals surface area (Å²) >= 11 is 12.2. The monoisotopic (exact) mass is 335 g/mol. The van der Waals surface area contributed by atoms with Crippen LogP contribution in [0.1, 0.15) is 5.76 Å². The minimum absolute atomic E-state index is 0.291. The molecule has 0 bridgehead atoms. The molecule has 3 rings (SSSR count). The van der Waals surface area contributed by atoms with Crippen LogP contribution in [-0.2, 0) is 6.54 Å². The Morgan fingerprint density at radius 1 is 1.09 bits per heavy atom. The van der Waals surface area contributed by atoms with E-state index in [2.05, 4.69) is 25.8 Å². The maximum atomic E-state index is 6.10. The van der Waals surface area contributed by atoms with E-state index in [0.29, 0.717) is 34.0 Å². The lowest BCUT2D eigenvalue weighted by atomic mass is 10.3. The maximum absolute atomic E-state index is 6.10. The van der Waals surface area contributed by atoms with Gasteiger partial charge in [-0.05, 0) is 24.3 Å². The first-order valence-electron chi connectivity index (χ1n) is 6.39. The lowest BCUT2D eigenvalue weighted by Gasteiger charge is -2.09. The van der Waals surface area contributed by atoms with Crippen LogP contribution in [0.5, 0.6) is 0 Å². The Morgan fingerprint density at radius 2 is 1.91 bits per heavy atom. The first-order chi connectivity index (χ1) is 10.7. The second kappa shape index (κ2) is 6.64. The highest BCUT2D eigenvalue weighted by Crippen LogP contribution is 2.31. The predicted molar refractivity (Wildman–Crippen MR) is 85.6 cm³/mol. The summed E-state index contributed by atoms with van der Waals surface area (Å²) in [6.07, 6.45) is 3.13. The van der Waals surface area contributed by atoms with Crippen LogP contribution in [0.25, 0.3) is 0 Å². The van der Waals surface area contributed by atoms with E-state index in [4.69, 9.17) is 27.6 Å². The van der Waals surface area contributed by atoms with E-state index < -0.39 is 0 Å². The molecule has 0 spiro atoms. The van der Waals surface area contributed by atoms with Gasteiger partial charge in [0.05, 0.1) is 34.7 Å².